The molecule has 9 heavy (non-hydrogen) atoms. The molecule has 3 N–H and O–H groups in total. The fourth-order valence-electron chi connectivity index (χ4n) is 1.25. The Morgan fingerprint density at radius 1 is 1.56 bits per heavy atom. The van der Waals surface area contributed by atoms with Crippen molar-refractivity contribution in [3.63, 3.8) is 0 Å². The lowest BCUT2D eigenvalue weighted by atomic mass is 9.79. The van der Waals surface area contributed by atoms with Crippen LogP contribution in [0.1, 0.15) is 25.7 Å². The molecule has 0 radical (unpaired) electrons. The van der Waals surface area contributed by atoms with Crippen LogP contribution in [0.3, 0.4) is 0 Å². The normalized spacial score (nSPS) is 23.3. The number of aliphatic hydroxyl groups is 1. The molecule has 1 atom stereocenters. The zero-order valence-corrected chi connectivity index (χ0v) is 5.71. The van der Waals surface area contributed by atoms with Crippen LogP contribution in [0.5, 0.6) is 0 Å². The third-order valence-corrected chi connectivity index (χ3v) is 2.22. The lowest BCUT2D eigenvalue weighted by Gasteiger charge is -2.30. The van der Waals surface area contributed by atoms with Gasteiger partial charge in [-0.05, 0) is 25.2 Å². The summed E-state index contributed by atoms with van der Waals surface area (Å²) in [5.74, 6) is 0.720. The molecule has 1 aliphatic carbocycles. The van der Waals surface area contributed by atoms with Crippen molar-refractivity contribution in [3.05, 3.63) is 0 Å². The zero-order valence-electron chi connectivity index (χ0n) is 5.71. The lowest BCUT2D eigenvalue weighted by Crippen LogP contribution is -2.35. The predicted molar refractivity (Wildman–Crippen MR) is 37.0 cm³/mol. The topological polar surface area (TPSA) is 46.2 Å². The maximum absolute atomic E-state index is 8.53. The Balaban J connectivity index is 2.08. The number of nitrogens with two attached hydrogens (primary N) is 1. The van der Waals surface area contributed by atoms with Crippen molar-refractivity contribution in [2.24, 2.45) is 11.7 Å². The van der Waals surface area contributed by atoms with E-state index in [9.17, 15) is 0 Å². The van der Waals surface area contributed by atoms with Crippen molar-refractivity contribution in [2.75, 3.05) is 6.61 Å². The van der Waals surface area contributed by atoms with Crippen LogP contribution < -0.4 is 5.73 Å². The Labute approximate surface area is 56.1 Å². The largest absolute Gasteiger partial charge is 0.396 e. The number of rotatable bonds is 3. The number of hydrogen-bond acceptors (Lipinski definition) is 2. The van der Waals surface area contributed by atoms with Crippen molar-refractivity contribution in [3.8, 4) is 0 Å². The van der Waals surface area contributed by atoms with Crippen LogP contribution in [-0.2, 0) is 0 Å². The molecule has 0 amide bonds. The first kappa shape index (κ1) is 7.03. The van der Waals surface area contributed by atoms with Crippen molar-refractivity contribution in [2.45, 2.75) is 31.7 Å². The van der Waals surface area contributed by atoms with E-state index in [4.69, 9.17) is 10.8 Å². The fraction of sp³-hybridized carbons (Fsp3) is 1.00. The summed E-state index contributed by atoms with van der Waals surface area (Å²) in [7, 11) is 0. The predicted octanol–water partition coefficient (Wildman–Crippen LogP) is 0.496. The van der Waals surface area contributed by atoms with E-state index in [1.807, 2.05) is 0 Å². The van der Waals surface area contributed by atoms with Gasteiger partial charge in [-0.1, -0.05) is 6.42 Å². The Morgan fingerprint density at radius 2 is 2.22 bits per heavy atom. The van der Waals surface area contributed by atoms with Crippen LogP contribution in [0.25, 0.3) is 0 Å². The molecular weight excluding hydrogens is 114 g/mol. The summed E-state index contributed by atoms with van der Waals surface area (Å²) < 4.78 is 0. The minimum Gasteiger partial charge on any atom is -0.396 e. The second-order valence-corrected chi connectivity index (χ2v) is 2.87. The second kappa shape index (κ2) is 3.18. The third-order valence-electron chi connectivity index (χ3n) is 2.22. The highest BCUT2D eigenvalue weighted by Crippen LogP contribution is 2.29. The summed E-state index contributed by atoms with van der Waals surface area (Å²) in [6.07, 6.45) is 4.68. The smallest absolute Gasteiger partial charge is 0.0445 e. The molecule has 2 nitrogen and oxygen atoms in total. The Hall–Kier alpha value is -0.0800. The third kappa shape index (κ3) is 1.66. The van der Waals surface area contributed by atoms with Gasteiger partial charge in [0, 0.05) is 12.6 Å². The fourth-order valence-corrected chi connectivity index (χ4v) is 1.25. The average Bonchev–Trinajstić information content (AvgIpc) is 1.60. The number of aliphatic hydroxyl groups excluding tert-OH is 1. The lowest BCUT2D eigenvalue weighted by molar-refractivity contribution is 0.208. The van der Waals surface area contributed by atoms with Crippen LogP contribution in [0.2, 0.25) is 0 Å². The Bertz CT molecular complexity index is 81.0. The molecule has 0 heterocycles. The maximum atomic E-state index is 8.53. The molecule has 1 saturated carbocycles. The van der Waals surface area contributed by atoms with Crippen molar-refractivity contribution < 1.29 is 5.11 Å². The molecule has 0 aliphatic heterocycles. The highest BCUT2D eigenvalue weighted by molar-refractivity contribution is 4.79. The van der Waals surface area contributed by atoms with E-state index >= 15 is 0 Å². The van der Waals surface area contributed by atoms with Gasteiger partial charge in [0.2, 0.25) is 0 Å². The minimum absolute atomic E-state index is 0.248. The van der Waals surface area contributed by atoms with Crippen LogP contribution in [0, 0.1) is 5.92 Å². The first-order valence-corrected chi connectivity index (χ1v) is 3.71. The van der Waals surface area contributed by atoms with Gasteiger partial charge in [0.1, 0.15) is 0 Å². The van der Waals surface area contributed by atoms with E-state index in [0.717, 1.165) is 12.3 Å². The molecule has 1 fully saturated rings. The van der Waals surface area contributed by atoms with Gasteiger partial charge >= 0.3 is 0 Å². The van der Waals surface area contributed by atoms with Crippen LogP contribution in [0.4, 0.5) is 0 Å². The van der Waals surface area contributed by atoms with Crippen LogP contribution in [0.15, 0.2) is 0 Å². The summed E-state index contributed by atoms with van der Waals surface area (Å²) >= 11 is 0. The van der Waals surface area contributed by atoms with E-state index in [2.05, 4.69) is 0 Å². The molecule has 1 rings (SSSR count). The highest BCUT2D eigenvalue weighted by atomic mass is 16.3. The molecule has 0 aromatic rings. The molecule has 1 aliphatic rings. The highest BCUT2D eigenvalue weighted by Gasteiger charge is 2.23. The molecule has 0 saturated heterocycles. The Kier molecular flexibility index (Phi) is 2.49. The molecule has 0 bridgehead atoms. The molecule has 0 unspecified atom stereocenters. The van der Waals surface area contributed by atoms with E-state index in [-0.39, 0.29) is 12.6 Å². The summed E-state index contributed by atoms with van der Waals surface area (Å²) in [5, 5.41) is 8.53. The minimum atomic E-state index is 0.248. The van der Waals surface area contributed by atoms with Crippen molar-refractivity contribution >= 4 is 0 Å². The van der Waals surface area contributed by atoms with Gasteiger partial charge in [-0.3, -0.25) is 0 Å². The summed E-state index contributed by atoms with van der Waals surface area (Å²) in [6, 6.07) is 0.267. The first-order valence-electron chi connectivity index (χ1n) is 3.71. The second-order valence-electron chi connectivity index (χ2n) is 2.87. The molecule has 0 aromatic carbocycles. The van der Waals surface area contributed by atoms with E-state index in [1.165, 1.54) is 19.3 Å². The van der Waals surface area contributed by atoms with E-state index in [1.54, 1.807) is 0 Å². The van der Waals surface area contributed by atoms with Crippen molar-refractivity contribution in [1.82, 2.24) is 0 Å². The van der Waals surface area contributed by atoms with Gasteiger partial charge in [-0.25, -0.2) is 0 Å². The summed E-state index contributed by atoms with van der Waals surface area (Å²) in [6.45, 7) is 0.248. The first-order chi connectivity index (χ1) is 4.34. The van der Waals surface area contributed by atoms with Gasteiger partial charge in [0.15, 0.2) is 0 Å². The molecule has 2 heteroatoms. The van der Waals surface area contributed by atoms with Gasteiger partial charge in [0.05, 0.1) is 0 Å². The SMILES string of the molecule is N[C@H](CCO)C1CCC1. The standard InChI is InChI=1S/C7H15NO/c8-7(4-5-9)6-2-1-3-6/h6-7,9H,1-5,8H2/t7-/m1/s1. The molecule has 0 spiro atoms. The van der Waals surface area contributed by atoms with Crippen LogP contribution in [-0.4, -0.2) is 17.8 Å². The zero-order chi connectivity index (χ0) is 6.69. The molecule has 0 aromatic heterocycles. The summed E-state index contributed by atoms with van der Waals surface area (Å²) in [5.41, 5.74) is 5.73. The van der Waals surface area contributed by atoms with Gasteiger partial charge in [-0.15, -0.1) is 0 Å². The monoisotopic (exact) mass is 129 g/mol. The van der Waals surface area contributed by atoms with Gasteiger partial charge < -0.3 is 10.8 Å². The molecular formula is C7H15NO. The maximum Gasteiger partial charge on any atom is 0.0445 e. The average molecular weight is 129 g/mol. The van der Waals surface area contributed by atoms with Crippen molar-refractivity contribution in [1.29, 1.82) is 0 Å². The molecule has 54 valence electrons. The van der Waals surface area contributed by atoms with Crippen LogP contribution >= 0.6 is 0 Å². The van der Waals surface area contributed by atoms with E-state index < -0.39 is 0 Å². The van der Waals surface area contributed by atoms with E-state index in [0.29, 0.717) is 0 Å². The Morgan fingerprint density at radius 3 is 2.56 bits per heavy atom. The van der Waals surface area contributed by atoms with Gasteiger partial charge in [-0.2, -0.15) is 0 Å². The summed E-state index contributed by atoms with van der Waals surface area (Å²) in [4.78, 5) is 0. The quantitative estimate of drug-likeness (QED) is 0.582. The number of hydrogen-bond donors (Lipinski definition) is 2. The van der Waals surface area contributed by atoms with Gasteiger partial charge in [0.25, 0.3) is 0 Å².